The molecule has 0 saturated carbocycles. The van der Waals surface area contributed by atoms with E-state index in [9.17, 15) is 5.11 Å². The number of aromatic amines is 1. The Labute approximate surface area is 185 Å². The van der Waals surface area contributed by atoms with E-state index >= 15 is 0 Å². The summed E-state index contributed by atoms with van der Waals surface area (Å²) in [6.45, 7) is 2.82. The number of nitrogens with one attached hydrogen (secondary N) is 1. The standard InChI is InChI=1S/C28H23N3O/c1-18-8-2-3-9-19(18)16-31-26-13-7-5-11-22(26)23-14-20(17-32)30-27(28(23)31)24-15-29-25-12-6-4-10-21(24)25/h2-15,29,32H,16-17H2,1H3. The van der Waals surface area contributed by atoms with Gasteiger partial charge in [-0.1, -0.05) is 60.7 Å². The number of aliphatic hydroxyl groups is 1. The van der Waals surface area contributed by atoms with Crippen LogP contribution in [-0.2, 0) is 13.2 Å². The summed E-state index contributed by atoms with van der Waals surface area (Å²) in [4.78, 5) is 8.33. The number of pyridine rings is 1. The highest BCUT2D eigenvalue weighted by Crippen LogP contribution is 2.38. The number of rotatable bonds is 4. The molecule has 0 amide bonds. The van der Waals surface area contributed by atoms with E-state index in [4.69, 9.17) is 4.98 Å². The fourth-order valence-corrected chi connectivity index (χ4v) is 4.79. The van der Waals surface area contributed by atoms with Crippen LogP contribution in [0, 0.1) is 6.92 Å². The Hall–Kier alpha value is -3.89. The van der Waals surface area contributed by atoms with Crippen molar-refractivity contribution in [1.82, 2.24) is 14.5 Å². The number of hydrogen-bond donors (Lipinski definition) is 2. The van der Waals surface area contributed by atoms with Crippen molar-refractivity contribution in [3.05, 3.63) is 102 Å². The fourth-order valence-electron chi connectivity index (χ4n) is 4.79. The first-order valence-electron chi connectivity index (χ1n) is 10.9. The van der Waals surface area contributed by atoms with Gasteiger partial charge in [0.05, 0.1) is 23.5 Å². The van der Waals surface area contributed by atoms with E-state index in [2.05, 4.69) is 83.2 Å². The Kier molecular flexibility index (Phi) is 4.33. The Balaban J connectivity index is 1.74. The molecule has 0 radical (unpaired) electrons. The van der Waals surface area contributed by atoms with Gasteiger partial charge in [0.15, 0.2) is 0 Å². The van der Waals surface area contributed by atoms with Crippen molar-refractivity contribution < 1.29 is 5.11 Å². The zero-order chi connectivity index (χ0) is 21.7. The zero-order valence-electron chi connectivity index (χ0n) is 17.8. The number of H-pyrrole nitrogens is 1. The second-order valence-electron chi connectivity index (χ2n) is 8.29. The summed E-state index contributed by atoms with van der Waals surface area (Å²) in [5.74, 6) is 0. The van der Waals surface area contributed by atoms with E-state index < -0.39 is 0 Å². The van der Waals surface area contributed by atoms with Gasteiger partial charge in [0.2, 0.25) is 0 Å². The Morgan fingerprint density at radius 1 is 0.875 bits per heavy atom. The van der Waals surface area contributed by atoms with Gasteiger partial charge in [-0.2, -0.15) is 0 Å². The van der Waals surface area contributed by atoms with Gasteiger partial charge in [-0.05, 0) is 36.2 Å². The van der Waals surface area contributed by atoms with Gasteiger partial charge in [-0.15, -0.1) is 0 Å². The molecule has 6 rings (SSSR count). The maximum Gasteiger partial charge on any atom is 0.0971 e. The molecule has 0 atom stereocenters. The lowest BCUT2D eigenvalue weighted by molar-refractivity contribution is 0.277. The first kappa shape index (κ1) is 18.8. The molecule has 0 bridgehead atoms. The third-order valence-corrected chi connectivity index (χ3v) is 6.40. The van der Waals surface area contributed by atoms with Crippen LogP contribution >= 0.6 is 0 Å². The van der Waals surface area contributed by atoms with E-state index in [0.29, 0.717) is 5.69 Å². The smallest absolute Gasteiger partial charge is 0.0971 e. The monoisotopic (exact) mass is 417 g/mol. The van der Waals surface area contributed by atoms with E-state index in [-0.39, 0.29) is 6.61 Å². The molecule has 0 aliphatic heterocycles. The predicted molar refractivity (Wildman–Crippen MR) is 131 cm³/mol. The molecule has 0 unspecified atom stereocenters. The van der Waals surface area contributed by atoms with Gasteiger partial charge < -0.3 is 14.7 Å². The summed E-state index contributed by atoms with van der Waals surface area (Å²) in [7, 11) is 0. The topological polar surface area (TPSA) is 53.8 Å². The van der Waals surface area contributed by atoms with Gasteiger partial charge in [-0.25, -0.2) is 4.98 Å². The number of aryl methyl sites for hydroxylation is 1. The summed E-state index contributed by atoms with van der Waals surface area (Å²) in [5, 5.41) is 13.4. The van der Waals surface area contributed by atoms with Gasteiger partial charge in [0, 0.05) is 45.5 Å². The van der Waals surface area contributed by atoms with Gasteiger partial charge in [0.25, 0.3) is 0 Å². The Morgan fingerprint density at radius 3 is 2.47 bits per heavy atom. The summed E-state index contributed by atoms with van der Waals surface area (Å²) in [6.07, 6.45) is 2.03. The number of nitrogens with zero attached hydrogens (tertiary/aromatic N) is 2. The van der Waals surface area contributed by atoms with E-state index in [0.717, 1.165) is 39.6 Å². The molecule has 4 nitrogen and oxygen atoms in total. The molecule has 0 fully saturated rings. The third kappa shape index (κ3) is 2.84. The molecule has 6 aromatic rings. The van der Waals surface area contributed by atoms with Crippen LogP contribution < -0.4 is 0 Å². The van der Waals surface area contributed by atoms with Gasteiger partial charge in [-0.3, -0.25) is 0 Å². The van der Waals surface area contributed by atoms with Crippen LogP contribution in [0.25, 0.3) is 44.0 Å². The molecular formula is C28H23N3O. The molecule has 32 heavy (non-hydrogen) atoms. The Morgan fingerprint density at radius 2 is 1.62 bits per heavy atom. The third-order valence-electron chi connectivity index (χ3n) is 6.40. The minimum absolute atomic E-state index is 0.0946. The molecular weight excluding hydrogens is 394 g/mol. The Bertz CT molecular complexity index is 1610. The number of benzene rings is 3. The average molecular weight is 418 g/mol. The maximum absolute atomic E-state index is 10.0. The van der Waals surface area contributed by atoms with Crippen LogP contribution in [0.1, 0.15) is 16.8 Å². The van der Waals surface area contributed by atoms with Crippen molar-refractivity contribution in [2.45, 2.75) is 20.1 Å². The summed E-state index contributed by atoms with van der Waals surface area (Å²) in [5.41, 5.74) is 8.52. The van der Waals surface area contributed by atoms with Crippen molar-refractivity contribution >= 4 is 32.7 Å². The highest BCUT2D eigenvalue weighted by atomic mass is 16.3. The molecule has 0 saturated heterocycles. The largest absolute Gasteiger partial charge is 0.390 e. The normalized spacial score (nSPS) is 11.7. The number of hydrogen-bond acceptors (Lipinski definition) is 2. The number of aliphatic hydroxyl groups excluding tert-OH is 1. The number of para-hydroxylation sites is 2. The van der Waals surface area contributed by atoms with Crippen molar-refractivity contribution in [2.24, 2.45) is 0 Å². The molecule has 3 aromatic carbocycles. The number of aromatic nitrogens is 3. The lowest BCUT2D eigenvalue weighted by Crippen LogP contribution is -2.03. The minimum atomic E-state index is -0.0946. The van der Waals surface area contributed by atoms with Crippen LogP contribution in [0.15, 0.2) is 85.1 Å². The maximum atomic E-state index is 10.0. The highest BCUT2D eigenvalue weighted by Gasteiger charge is 2.20. The summed E-state index contributed by atoms with van der Waals surface area (Å²) in [6, 6.07) is 27.3. The van der Waals surface area contributed by atoms with Crippen LogP contribution in [0.5, 0.6) is 0 Å². The first-order valence-corrected chi connectivity index (χ1v) is 10.9. The summed E-state index contributed by atoms with van der Waals surface area (Å²) < 4.78 is 2.37. The van der Waals surface area contributed by atoms with Crippen LogP contribution in [0.2, 0.25) is 0 Å². The average Bonchev–Trinajstić information content (AvgIpc) is 3.40. The van der Waals surface area contributed by atoms with E-state index in [1.54, 1.807) is 0 Å². The lowest BCUT2D eigenvalue weighted by atomic mass is 10.1. The van der Waals surface area contributed by atoms with E-state index in [1.807, 2.05) is 18.3 Å². The van der Waals surface area contributed by atoms with Crippen LogP contribution in [0.3, 0.4) is 0 Å². The van der Waals surface area contributed by atoms with Crippen LogP contribution in [0.4, 0.5) is 0 Å². The van der Waals surface area contributed by atoms with Crippen molar-refractivity contribution in [3.63, 3.8) is 0 Å². The van der Waals surface area contributed by atoms with E-state index in [1.165, 1.54) is 22.0 Å². The zero-order valence-corrected chi connectivity index (χ0v) is 17.8. The predicted octanol–water partition coefficient (Wildman–Crippen LogP) is 6.19. The number of fused-ring (bicyclic) bond motifs is 4. The second kappa shape index (κ2) is 7.36. The van der Waals surface area contributed by atoms with Crippen molar-refractivity contribution in [3.8, 4) is 11.3 Å². The minimum Gasteiger partial charge on any atom is -0.390 e. The SMILES string of the molecule is Cc1ccccc1Cn1c2ccccc2c2cc(CO)nc(-c3c[nH]c4ccccc34)c21. The molecule has 2 N–H and O–H groups in total. The fraction of sp³-hybridized carbons (Fsp3) is 0.107. The molecule has 4 heteroatoms. The lowest BCUT2D eigenvalue weighted by Gasteiger charge is -2.13. The molecule has 3 heterocycles. The molecule has 156 valence electrons. The highest BCUT2D eigenvalue weighted by molar-refractivity contribution is 6.14. The molecule has 0 aliphatic rings. The van der Waals surface area contributed by atoms with Crippen molar-refractivity contribution in [1.29, 1.82) is 0 Å². The molecule has 3 aromatic heterocycles. The molecule has 0 aliphatic carbocycles. The van der Waals surface area contributed by atoms with Crippen molar-refractivity contribution in [2.75, 3.05) is 0 Å². The molecule has 0 spiro atoms. The summed E-state index contributed by atoms with van der Waals surface area (Å²) >= 11 is 0. The quantitative estimate of drug-likeness (QED) is 0.359. The first-order chi connectivity index (χ1) is 15.7. The second-order valence-corrected chi connectivity index (χ2v) is 8.29. The van der Waals surface area contributed by atoms with Crippen LogP contribution in [-0.4, -0.2) is 19.6 Å². The van der Waals surface area contributed by atoms with Gasteiger partial charge in [0.1, 0.15) is 0 Å². The van der Waals surface area contributed by atoms with Gasteiger partial charge >= 0.3 is 0 Å².